The van der Waals surface area contributed by atoms with Gasteiger partial charge in [-0.25, -0.2) is 0 Å². The SMILES string of the molecule is C=C/C=C\C(O)=C/C=C.CC. The minimum absolute atomic E-state index is 0.185. The Kier molecular flexibility index (Phi) is 13.1. The average Bonchev–Trinajstić information content (AvgIpc) is 2.05. The third kappa shape index (κ3) is 12.1. The molecule has 0 heterocycles. The van der Waals surface area contributed by atoms with Crippen LogP contribution in [-0.4, -0.2) is 5.11 Å². The minimum Gasteiger partial charge on any atom is -0.508 e. The van der Waals surface area contributed by atoms with Gasteiger partial charge in [-0.2, -0.15) is 0 Å². The van der Waals surface area contributed by atoms with Crippen LogP contribution < -0.4 is 0 Å². The van der Waals surface area contributed by atoms with Crippen LogP contribution in [0.5, 0.6) is 0 Å². The topological polar surface area (TPSA) is 20.2 Å². The van der Waals surface area contributed by atoms with E-state index in [9.17, 15) is 0 Å². The van der Waals surface area contributed by atoms with Crippen molar-refractivity contribution in [2.75, 3.05) is 0 Å². The summed E-state index contributed by atoms with van der Waals surface area (Å²) in [6.07, 6.45) is 7.79. The monoisotopic (exact) mass is 152 g/mol. The summed E-state index contributed by atoms with van der Waals surface area (Å²) in [5.74, 6) is 0.185. The Balaban J connectivity index is 0. The van der Waals surface area contributed by atoms with E-state index in [1.807, 2.05) is 13.8 Å². The quantitative estimate of drug-likeness (QED) is 0.485. The van der Waals surface area contributed by atoms with E-state index in [1.54, 1.807) is 12.2 Å². The summed E-state index contributed by atoms with van der Waals surface area (Å²) >= 11 is 0. The van der Waals surface area contributed by atoms with Gasteiger partial charge in [0.2, 0.25) is 0 Å². The molecule has 62 valence electrons. The maximum atomic E-state index is 8.84. The van der Waals surface area contributed by atoms with Crippen LogP contribution >= 0.6 is 0 Å². The third-order valence-electron chi connectivity index (χ3n) is 0.692. The van der Waals surface area contributed by atoms with Gasteiger partial charge in [-0.3, -0.25) is 0 Å². The van der Waals surface area contributed by atoms with Gasteiger partial charge in [0, 0.05) is 0 Å². The summed E-state index contributed by atoms with van der Waals surface area (Å²) in [5.41, 5.74) is 0. The fourth-order valence-corrected chi connectivity index (χ4v) is 0.343. The van der Waals surface area contributed by atoms with E-state index in [2.05, 4.69) is 13.2 Å². The first-order valence-electron chi connectivity index (χ1n) is 3.62. The molecule has 0 aromatic rings. The van der Waals surface area contributed by atoms with Crippen molar-refractivity contribution in [3.63, 3.8) is 0 Å². The summed E-state index contributed by atoms with van der Waals surface area (Å²) in [5, 5.41) is 8.84. The lowest BCUT2D eigenvalue weighted by Crippen LogP contribution is -1.68. The van der Waals surface area contributed by atoms with Crippen LogP contribution in [0.15, 0.2) is 49.3 Å². The zero-order valence-corrected chi connectivity index (χ0v) is 7.25. The van der Waals surface area contributed by atoms with Crippen LogP contribution in [0.25, 0.3) is 0 Å². The number of hydrogen-bond acceptors (Lipinski definition) is 1. The molecule has 1 nitrogen and oxygen atoms in total. The molecule has 0 saturated heterocycles. The predicted octanol–water partition coefficient (Wildman–Crippen LogP) is 3.38. The van der Waals surface area contributed by atoms with E-state index in [-0.39, 0.29) is 5.76 Å². The summed E-state index contributed by atoms with van der Waals surface area (Å²) in [6, 6.07) is 0. The lowest BCUT2D eigenvalue weighted by Gasteiger charge is -1.83. The maximum Gasteiger partial charge on any atom is 0.115 e. The highest BCUT2D eigenvalue weighted by molar-refractivity contribution is 5.18. The second-order valence-corrected chi connectivity index (χ2v) is 1.42. The number of aliphatic hydroxyl groups is 1. The smallest absolute Gasteiger partial charge is 0.115 e. The summed E-state index contributed by atoms with van der Waals surface area (Å²) in [7, 11) is 0. The van der Waals surface area contributed by atoms with Crippen molar-refractivity contribution in [2.24, 2.45) is 0 Å². The molecule has 0 radical (unpaired) electrons. The van der Waals surface area contributed by atoms with Gasteiger partial charge in [0.1, 0.15) is 5.76 Å². The molecule has 0 spiro atoms. The van der Waals surface area contributed by atoms with E-state index < -0.39 is 0 Å². The molecular weight excluding hydrogens is 136 g/mol. The van der Waals surface area contributed by atoms with E-state index in [0.29, 0.717) is 0 Å². The van der Waals surface area contributed by atoms with Gasteiger partial charge in [0.25, 0.3) is 0 Å². The van der Waals surface area contributed by atoms with Gasteiger partial charge in [-0.1, -0.05) is 45.2 Å². The largest absolute Gasteiger partial charge is 0.508 e. The number of rotatable bonds is 3. The Labute approximate surface area is 69.1 Å². The molecule has 0 atom stereocenters. The highest BCUT2D eigenvalue weighted by Gasteiger charge is 1.75. The first kappa shape index (κ1) is 12.4. The summed E-state index contributed by atoms with van der Waals surface area (Å²) in [4.78, 5) is 0. The normalized spacial score (nSPS) is 10.2. The molecule has 11 heavy (non-hydrogen) atoms. The zero-order valence-electron chi connectivity index (χ0n) is 7.25. The lowest BCUT2D eigenvalue weighted by molar-refractivity contribution is 0.432. The molecule has 0 aliphatic heterocycles. The molecule has 0 rings (SSSR count). The number of hydrogen-bond donors (Lipinski definition) is 1. The fraction of sp³-hybridized carbons (Fsp3) is 0.200. The molecule has 0 aromatic carbocycles. The third-order valence-corrected chi connectivity index (χ3v) is 0.692. The van der Waals surface area contributed by atoms with Gasteiger partial charge in [0.15, 0.2) is 0 Å². The first-order valence-corrected chi connectivity index (χ1v) is 3.62. The molecule has 0 aliphatic rings. The van der Waals surface area contributed by atoms with Gasteiger partial charge < -0.3 is 5.11 Å². The second-order valence-electron chi connectivity index (χ2n) is 1.42. The molecule has 1 N–H and O–H groups in total. The van der Waals surface area contributed by atoms with Crippen LogP contribution in [0.3, 0.4) is 0 Å². The molecule has 1 heteroatoms. The van der Waals surface area contributed by atoms with Crippen molar-refractivity contribution in [3.05, 3.63) is 49.3 Å². The molecular formula is C10H16O. The fourth-order valence-electron chi connectivity index (χ4n) is 0.343. The van der Waals surface area contributed by atoms with Crippen molar-refractivity contribution in [1.29, 1.82) is 0 Å². The Hall–Kier alpha value is -1.24. The van der Waals surface area contributed by atoms with E-state index in [4.69, 9.17) is 5.11 Å². The van der Waals surface area contributed by atoms with E-state index >= 15 is 0 Å². The van der Waals surface area contributed by atoms with Gasteiger partial charge in [-0.05, 0) is 12.2 Å². The lowest BCUT2D eigenvalue weighted by atomic mass is 10.4. The van der Waals surface area contributed by atoms with Crippen molar-refractivity contribution >= 4 is 0 Å². The highest BCUT2D eigenvalue weighted by Crippen LogP contribution is 1.89. The Morgan fingerprint density at radius 3 is 2.09 bits per heavy atom. The maximum absolute atomic E-state index is 8.84. The predicted molar refractivity (Wildman–Crippen MR) is 51.6 cm³/mol. The van der Waals surface area contributed by atoms with Crippen LogP contribution in [0.1, 0.15) is 13.8 Å². The molecule has 0 fully saturated rings. The van der Waals surface area contributed by atoms with Crippen molar-refractivity contribution in [1.82, 2.24) is 0 Å². The van der Waals surface area contributed by atoms with E-state index in [0.717, 1.165) is 0 Å². The summed E-state index contributed by atoms with van der Waals surface area (Å²) in [6.45, 7) is 10.9. The minimum atomic E-state index is 0.185. The molecule has 0 aliphatic carbocycles. The molecule has 0 saturated carbocycles. The van der Waals surface area contributed by atoms with Crippen molar-refractivity contribution in [3.8, 4) is 0 Å². The number of allylic oxidation sites excluding steroid dienone is 5. The average molecular weight is 152 g/mol. The highest BCUT2D eigenvalue weighted by atomic mass is 16.3. The van der Waals surface area contributed by atoms with Crippen LogP contribution in [0.4, 0.5) is 0 Å². The van der Waals surface area contributed by atoms with Crippen molar-refractivity contribution < 1.29 is 5.11 Å². The zero-order chi connectivity index (χ0) is 9.11. The van der Waals surface area contributed by atoms with Crippen molar-refractivity contribution in [2.45, 2.75) is 13.8 Å². The standard InChI is InChI=1S/C8H10O.C2H6/c1-3-5-7-8(9)6-4-2;1-2/h3-7,9H,1-2H2;1-2H3/b7-5-,8-6+;. The van der Waals surface area contributed by atoms with Gasteiger partial charge >= 0.3 is 0 Å². The Morgan fingerprint density at radius 2 is 1.73 bits per heavy atom. The molecule has 0 unspecified atom stereocenters. The van der Waals surface area contributed by atoms with Gasteiger partial charge in [0.05, 0.1) is 0 Å². The number of aliphatic hydroxyl groups excluding tert-OH is 1. The first-order chi connectivity index (χ1) is 5.31. The van der Waals surface area contributed by atoms with Crippen LogP contribution in [0.2, 0.25) is 0 Å². The van der Waals surface area contributed by atoms with Crippen LogP contribution in [0, 0.1) is 0 Å². The summed E-state index contributed by atoms with van der Waals surface area (Å²) < 4.78 is 0. The molecule has 0 bridgehead atoms. The Morgan fingerprint density at radius 1 is 1.18 bits per heavy atom. The molecule has 0 amide bonds. The van der Waals surface area contributed by atoms with Crippen LogP contribution in [-0.2, 0) is 0 Å². The molecule has 0 aromatic heterocycles. The van der Waals surface area contributed by atoms with Gasteiger partial charge in [-0.15, -0.1) is 0 Å². The second kappa shape index (κ2) is 11.5. The Bertz CT molecular complexity index is 152. The van der Waals surface area contributed by atoms with E-state index in [1.165, 1.54) is 18.2 Å².